The zero-order chi connectivity index (χ0) is 17.2. The first-order valence-electron chi connectivity index (χ1n) is 7.98. The van der Waals surface area contributed by atoms with Crippen LogP contribution in [-0.4, -0.2) is 54.6 Å². The van der Waals surface area contributed by atoms with Crippen LogP contribution in [0.2, 0.25) is 0 Å². The summed E-state index contributed by atoms with van der Waals surface area (Å²) in [6, 6.07) is 5.88. The van der Waals surface area contributed by atoms with Crippen molar-refractivity contribution >= 4 is 23.6 Å². The molecule has 2 amide bonds. The molecule has 3 rings (SSSR count). The maximum absolute atomic E-state index is 12.1. The third-order valence-corrected chi connectivity index (χ3v) is 5.16. The van der Waals surface area contributed by atoms with Crippen molar-refractivity contribution in [2.75, 3.05) is 37.9 Å². The minimum absolute atomic E-state index is 0.0289. The van der Waals surface area contributed by atoms with Crippen molar-refractivity contribution < 1.29 is 19.1 Å². The summed E-state index contributed by atoms with van der Waals surface area (Å²) < 4.78 is 11.2. The molecule has 6 nitrogen and oxygen atoms in total. The Kier molecular flexibility index (Phi) is 4.89. The van der Waals surface area contributed by atoms with E-state index in [-0.39, 0.29) is 23.8 Å². The number of rotatable bonds is 5. The third kappa shape index (κ3) is 3.77. The van der Waals surface area contributed by atoms with Gasteiger partial charge in [0.15, 0.2) is 11.5 Å². The Bertz CT molecular complexity index is 647. The standard InChI is InChI=1S/C17H22N2O4S/c1-17(2,10-18-15(20)8-19-11-24-9-16(19)21)12-3-4-13-14(7-12)23-6-5-22-13/h3-4,7H,5-6,8-11H2,1-2H3,(H,18,20). The fourth-order valence-corrected chi connectivity index (χ4v) is 3.56. The second-order valence-electron chi connectivity index (χ2n) is 6.59. The van der Waals surface area contributed by atoms with Crippen molar-refractivity contribution in [2.45, 2.75) is 19.3 Å². The van der Waals surface area contributed by atoms with E-state index < -0.39 is 0 Å². The van der Waals surface area contributed by atoms with Gasteiger partial charge in [0.25, 0.3) is 0 Å². The van der Waals surface area contributed by atoms with Gasteiger partial charge in [0, 0.05) is 12.0 Å². The molecular formula is C17H22N2O4S. The van der Waals surface area contributed by atoms with Crippen LogP contribution < -0.4 is 14.8 Å². The van der Waals surface area contributed by atoms with Gasteiger partial charge in [-0.05, 0) is 17.7 Å². The third-order valence-electron chi connectivity index (χ3n) is 4.21. The number of nitrogens with one attached hydrogen (secondary N) is 1. The van der Waals surface area contributed by atoms with Gasteiger partial charge in [-0.3, -0.25) is 9.59 Å². The molecule has 24 heavy (non-hydrogen) atoms. The van der Waals surface area contributed by atoms with Gasteiger partial charge < -0.3 is 19.7 Å². The molecule has 0 aliphatic carbocycles. The minimum atomic E-state index is -0.255. The molecule has 1 fully saturated rings. The molecule has 0 bridgehead atoms. The number of ether oxygens (including phenoxy) is 2. The fourth-order valence-electron chi connectivity index (χ4n) is 2.66. The van der Waals surface area contributed by atoms with Crippen LogP contribution in [0.1, 0.15) is 19.4 Å². The highest BCUT2D eigenvalue weighted by molar-refractivity contribution is 8.00. The summed E-state index contributed by atoms with van der Waals surface area (Å²) in [6.07, 6.45) is 0. The first-order chi connectivity index (χ1) is 11.5. The summed E-state index contributed by atoms with van der Waals surface area (Å²) in [4.78, 5) is 25.2. The molecule has 0 atom stereocenters. The van der Waals surface area contributed by atoms with Crippen molar-refractivity contribution in [3.05, 3.63) is 23.8 Å². The summed E-state index contributed by atoms with van der Waals surface area (Å²) >= 11 is 1.54. The Morgan fingerprint density at radius 1 is 1.29 bits per heavy atom. The highest BCUT2D eigenvalue weighted by Crippen LogP contribution is 2.34. The lowest BCUT2D eigenvalue weighted by Crippen LogP contribution is -2.42. The van der Waals surface area contributed by atoms with Crippen LogP contribution >= 0.6 is 11.8 Å². The molecule has 1 aromatic rings. The van der Waals surface area contributed by atoms with Crippen molar-refractivity contribution in [2.24, 2.45) is 0 Å². The van der Waals surface area contributed by atoms with Crippen LogP contribution in [0.5, 0.6) is 11.5 Å². The normalized spacial score (nSPS) is 17.1. The summed E-state index contributed by atoms with van der Waals surface area (Å²) in [7, 11) is 0. The van der Waals surface area contributed by atoms with E-state index in [0.717, 1.165) is 17.1 Å². The highest BCUT2D eigenvalue weighted by atomic mass is 32.2. The molecule has 0 saturated carbocycles. The fraction of sp³-hybridized carbons (Fsp3) is 0.529. The SMILES string of the molecule is CC(C)(CNC(=O)CN1CSCC1=O)c1ccc2c(c1)OCCO2. The maximum Gasteiger partial charge on any atom is 0.239 e. The Hall–Kier alpha value is -1.89. The van der Waals surface area contributed by atoms with Crippen molar-refractivity contribution in [3.8, 4) is 11.5 Å². The van der Waals surface area contributed by atoms with E-state index in [9.17, 15) is 9.59 Å². The van der Waals surface area contributed by atoms with Crippen molar-refractivity contribution in [1.82, 2.24) is 10.2 Å². The number of carbonyl (C=O) groups is 2. The van der Waals surface area contributed by atoms with Gasteiger partial charge in [-0.25, -0.2) is 0 Å². The zero-order valence-electron chi connectivity index (χ0n) is 14.0. The second kappa shape index (κ2) is 6.93. The van der Waals surface area contributed by atoms with Crippen LogP contribution in [0.3, 0.4) is 0 Å². The Balaban J connectivity index is 1.59. The average Bonchev–Trinajstić information content (AvgIpc) is 2.97. The Morgan fingerprint density at radius 2 is 2.04 bits per heavy atom. The molecule has 1 N–H and O–H groups in total. The number of benzene rings is 1. The van der Waals surface area contributed by atoms with Crippen LogP contribution in [0.4, 0.5) is 0 Å². The Morgan fingerprint density at radius 3 is 2.75 bits per heavy atom. The minimum Gasteiger partial charge on any atom is -0.486 e. The first kappa shape index (κ1) is 17.0. The van der Waals surface area contributed by atoms with E-state index in [4.69, 9.17) is 9.47 Å². The van der Waals surface area contributed by atoms with Gasteiger partial charge >= 0.3 is 0 Å². The summed E-state index contributed by atoms with van der Waals surface area (Å²) in [5, 5.41) is 2.93. The number of fused-ring (bicyclic) bond motifs is 1. The van der Waals surface area contributed by atoms with Crippen molar-refractivity contribution in [1.29, 1.82) is 0 Å². The number of hydrogen-bond donors (Lipinski definition) is 1. The van der Waals surface area contributed by atoms with Crippen LogP contribution in [-0.2, 0) is 15.0 Å². The van der Waals surface area contributed by atoms with E-state index in [0.29, 0.717) is 31.4 Å². The van der Waals surface area contributed by atoms with Gasteiger partial charge in [-0.15, -0.1) is 11.8 Å². The quantitative estimate of drug-likeness (QED) is 0.869. The average molecular weight is 350 g/mol. The molecule has 0 radical (unpaired) electrons. The number of carbonyl (C=O) groups excluding carboxylic acids is 2. The molecule has 0 spiro atoms. The Labute approximate surface area is 145 Å². The molecule has 7 heteroatoms. The van der Waals surface area contributed by atoms with Gasteiger partial charge in [-0.1, -0.05) is 19.9 Å². The maximum atomic E-state index is 12.1. The van der Waals surface area contributed by atoms with Crippen LogP contribution in [0.15, 0.2) is 18.2 Å². The molecular weight excluding hydrogens is 328 g/mol. The molecule has 1 aromatic carbocycles. The number of amides is 2. The molecule has 1 saturated heterocycles. The lowest BCUT2D eigenvalue weighted by molar-refractivity contribution is -0.132. The molecule has 2 heterocycles. The predicted octanol–water partition coefficient (Wildman–Crippen LogP) is 1.38. The van der Waals surface area contributed by atoms with E-state index in [1.165, 1.54) is 11.8 Å². The number of hydrogen-bond acceptors (Lipinski definition) is 5. The van der Waals surface area contributed by atoms with Crippen molar-refractivity contribution in [3.63, 3.8) is 0 Å². The lowest BCUT2D eigenvalue weighted by Gasteiger charge is -2.28. The summed E-state index contributed by atoms with van der Waals surface area (Å²) in [5.74, 6) is 2.47. The first-order valence-corrected chi connectivity index (χ1v) is 9.13. The second-order valence-corrected chi connectivity index (χ2v) is 7.54. The molecule has 0 aromatic heterocycles. The van der Waals surface area contributed by atoms with Gasteiger partial charge in [0.2, 0.25) is 11.8 Å². The van der Waals surface area contributed by atoms with Crippen LogP contribution in [0, 0.1) is 0 Å². The topological polar surface area (TPSA) is 67.9 Å². The molecule has 2 aliphatic heterocycles. The van der Waals surface area contributed by atoms with E-state index in [2.05, 4.69) is 19.2 Å². The van der Waals surface area contributed by atoms with Gasteiger partial charge in [0.1, 0.15) is 19.8 Å². The number of nitrogens with zero attached hydrogens (tertiary/aromatic N) is 1. The summed E-state index contributed by atoms with van der Waals surface area (Å²) in [6.45, 7) is 5.86. The largest absolute Gasteiger partial charge is 0.486 e. The number of thioether (sulfide) groups is 1. The van der Waals surface area contributed by atoms with Gasteiger partial charge in [0.05, 0.1) is 11.6 Å². The zero-order valence-corrected chi connectivity index (χ0v) is 14.8. The molecule has 130 valence electrons. The van der Waals surface area contributed by atoms with Crippen LogP contribution in [0.25, 0.3) is 0 Å². The van der Waals surface area contributed by atoms with E-state index in [1.807, 2.05) is 18.2 Å². The summed E-state index contributed by atoms with van der Waals surface area (Å²) in [5.41, 5.74) is 0.815. The predicted molar refractivity (Wildman–Crippen MR) is 92.5 cm³/mol. The van der Waals surface area contributed by atoms with Gasteiger partial charge in [-0.2, -0.15) is 0 Å². The lowest BCUT2D eigenvalue weighted by atomic mass is 9.84. The highest BCUT2D eigenvalue weighted by Gasteiger charge is 2.26. The monoisotopic (exact) mass is 350 g/mol. The van der Waals surface area contributed by atoms with E-state index >= 15 is 0 Å². The smallest absolute Gasteiger partial charge is 0.239 e. The van der Waals surface area contributed by atoms with E-state index in [1.54, 1.807) is 4.90 Å². The molecule has 2 aliphatic rings. The molecule has 0 unspecified atom stereocenters.